The highest BCUT2D eigenvalue weighted by molar-refractivity contribution is 6.05. The van der Waals surface area contributed by atoms with E-state index in [1.807, 2.05) is 6.07 Å². The van der Waals surface area contributed by atoms with Crippen LogP contribution in [-0.2, 0) is 0 Å². The van der Waals surface area contributed by atoms with Crippen molar-refractivity contribution in [2.45, 2.75) is 0 Å². The average Bonchev–Trinajstić information content (AvgIpc) is 3.26. The van der Waals surface area contributed by atoms with Crippen LogP contribution in [0.3, 0.4) is 0 Å². The third kappa shape index (κ3) is 4.22. The third-order valence-electron chi connectivity index (χ3n) is 4.34. The fraction of sp³-hybridized carbons (Fsp3) is 0.0455. The number of nitrogens with one attached hydrogen (secondary N) is 3. The highest BCUT2D eigenvalue weighted by Gasteiger charge is 2.17. The molecule has 3 N–H and O–H groups in total. The maximum absolute atomic E-state index is 12.4. The van der Waals surface area contributed by atoms with E-state index in [4.69, 9.17) is 9.47 Å². The van der Waals surface area contributed by atoms with E-state index in [-0.39, 0.29) is 18.3 Å². The number of hydrogen-bond acceptors (Lipinski definition) is 5. The van der Waals surface area contributed by atoms with Crippen molar-refractivity contribution in [2.75, 3.05) is 12.1 Å². The van der Waals surface area contributed by atoms with E-state index in [1.165, 1.54) is 12.1 Å². The molecule has 8 nitrogen and oxygen atoms in total. The molecule has 0 saturated heterocycles. The summed E-state index contributed by atoms with van der Waals surface area (Å²) in [6, 6.07) is 19.8. The van der Waals surface area contributed by atoms with Gasteiger partial charge in [0.25, 0.3) is 17.7 Å². The first-order chi connectivity index (χ1) is 14.6. The minimum Gasteiger partial charge on any atom is -0.454 e. The number of fused-ring (bicyclic) bond motifs is 1. The zero-order valence-electron chi connectivity index (χ0n) is 15.7. The lowest BCUT2D eigenvalue weighted by atomic mass is 10.1. The predicted octanol–water partition coefficient (Wildman–Crippen LogP) is 2.74. The van der Waals surface area contributed by atoms with Gasteiger partial charge >= 0.3 is 0 Å². The average molecular weight is 403 g/mol. The Hall–Kier alpha value is -4.33. The molecule has 1 aliphatic heterocycles. The zero-order chi connectivity index (χ0) is 20.9. The van der Waals surface area contributed by atoms with Gasteiger partial charge in [0.15, 0.2) is 11.5 Å². The van der Waals surface area contributed by atoms with Gasteiger partial charge in [-0.3, -0.25) is 25.2 Å². The van der Waals surface area contributed by atoms with Gasteiger partial charge in [-0.15, -0.1) is 0 Å². The lowest BCUT2D eigenvalue weighted by Gasteiger charge is -2.10. The minimum atomic E-state index is -0.528. The van der Waals surface area contributed by atoms with Gasteiger partial charge in [-0.2, -0.15) is 0 Å². The second kappa shape index (κ2) is 8.36. The molecule has 3 aromatic carbocycles. The van der Waals surface area contributed by atoms with Crippen molar-refractivity contribution in [3.63, 3.8) is 0 Å². The monoisotopic (exact) mass is 403 g/mol. The maximum atomic E-state index is 12.4. The molecule has 0 spiro atoms. The van der Waals surface area contributed by atoms with Crippen molar-refractivity contribution >= 4 is 23.4 Å². The van der Waals surface area contributed by atoms with Crippen LogP contribution in [0.1, 0.15) is 31.1 Å². The van der Waals surface area contributed by atoms with Gasteiger partial charge in [-0.25, -0.2) is 0 Å². The number of hydrazine groups is 1. The standard InChI is InChI=1S/C22H17N3O5/c26-20(14-5-2-1-3-6-14)23-17-8-4-7-15(11-17)21(27)24-25-22(28)16-9-10-18-19(12-16)30-13-29-18/h1-12H,13H2,(H,23,26)(H,24,27)(H,25,28). The minimum absolute atomic E-state index is 0.105. The number of hydrogen-bond donors (Lipinski definition) is 3. The van der Waals surface area contributed by atoms with Crippen LogP contribution in [0.5, 0.6) is 11.5 Å². The smallest absolute Gasteiger partial charge is 0.269 e. The first-order valence-electron chi connectivity index (χ1n) is 9.07. The molecule has 0 aliphatic carbocycles. The summed E-state index contributed by atoms with van der Waals surface area (Å²) < 4.78 is 10.4. The molecule has 3 amide bonds. The summed E-state index contributed by atoms with van der Waals surface area (Å²) in [6.07, 6.45) is 0. The highest BCUT2D eigenvalue weighted by Crippen LogP contribution is 2.32. The zero-order valence-corrected chi connectivity index (χ0v) is 15.7. The molecule has 1 aliphatic rings. The molecule has 1 heterocycles. The van der Waals surface area contributed by atoms with Crippen molar-refractivity contribution < 1.29 is 23.9 Å². The predicted molar refractivity (Wildman–Crippen MR) is 108 cm³/mol. The molecular formula is C22H17N3O5. The van der Waals surface area contributed by atoms with Crippen LogP contribution >= 0.6 is 0 Å². The summed E-state index contributed by atoms with van der Waals surface area (Å²) in [5.41, 5.74) is 6.25. The van der Waals surface area contributed by atoms with Crippen molar-refractivity contribution in [3.05, 3.63) is 89.5 Å². The van der Waals surface area contributed by atoms with Crippen LogP contribution in [-0.4, -0.2) is 24.5 Å². The van der Waals surface area contributed by atoms with Crippen molar-refractivity contribution in [1.82, 2.24) is 10.9 Å². The summed E-state index contributed by atoms with van der Waals surface area (Å²) in [5, 5.41) is 2.74. The summed E-state index contributed by atoms with van der Waals surface area (Å²) in [4.78, 5) is 36.9. The van der Waals surface area contributed by atoms with Crippen LogP contribution < -0.4 is 25.6 Å². The molecular weight excluding hydrogens is 386 g/mol. The molecule has 0 bridgehead atoms. The van der Waals surface area contributed by atoms with Crippen LogP contribution in [0.15, 0.2) is 72.8 Å². The van der Waals surface area contributed by atoms with E-state index in [1.54, 1.807) is 54.6 Å². The quantitative estimate of drug-likeness (QED) is 0.581. The number of carbonyl (C=O) groups excluding carboxylic acids is 3. The lowest BCUT2D eigenvalue weighted by Crippen LogP contribution is -2.41. The molecule has 0 aromatic heterocycles. The molecule has 4 rings (SSSR count). The number of ether oxygens (including phenoxy) is 2. The van der Waals surface area contributed by atoms with Crippen LogP contribution in [0.2, 0.25) is 0 Å². The Morgan fingerprint density at radius 2 is 1.30 bits per heavy atom. The van der Waals surface area contributed by atoms with E-state index in [0.717, 1.165) is 0 Å². The summed E-state index contributed by atoms with van der Waals surface area (Å²) in [5.74, 6) is -0.292. The second-order valence-corrected chi connectivity index (χ2v) is 6.38. The molecule has 3 aromatic rings. The SMILES string of the molecule is O=C(NNC(=O)c1ccc2c(c1)OCO2)c1cccc(NC(=O)c2ccccc2)c1. The Morgan fingerprint density at radius 3 is 2.07 bits per heavy atom. The Bertz CT molecular complexity index is 1110. The molecule has 8 heteroatoms. The molecule has 0 radical (unpaired) electrons. The Labute approximate surface area is 171 Å². The van der Waals surface area contributed by atoms with Gasteiger partial charge in [0.1, 0.15) is 0 Å². The normalized spacial score (nSPS) is 11.5. The molecule has 30 heavy (non-hydrogen) atoms. The van der Waals surface area contributed by atoms with E-state index < -0.39 is 11.8 Å². The van der Waals surface area contributed by atoms with Crippen LogP contribution in [0.25, 0.3) is 0 Å². The fourth-order valence-corrected chi connectivity index (χ4v) is 2.83. The number of benzene rings is 3. The topological polar surface area (TPSA) is 106 Å². The maximum Gasteiger partial charge on any atom is 0.269 e. The first-order valence-corrected chi connectivity index (χ1v) is 9.07. The fourth-order valence-electron chi connectivity index (χ4n) is 2.83. The van der Waals surface area contributed by atoms with Gasteiger partial charge in [-0.1, -0.05) is 24.3 Å². The lowest BCUT2D eigenvalue weighted by molar-refractivity contribution is 0.0846. The number of rotatable bonds is 4. The van der Waals surface area contributed by atoms with Crippen molar-refractivity contribution in [1.29, 1.82) is 0 Å². The van der Waals surface area contributed by atoms with Gasteiger partial charge < -0.3 is 14.8 Å². The van der Waals surface area contributed by atoms with E-state index in [9.17, 15) is 14.4 Å². The first kappa shape index (κ1) is 19.0. The Balaban J connectivity index is 1.37. The third-order valence-corrected chi connectivity index (χ3v) is 4.34. The Morgan fingerprint density at radius 1 is 0.633 bits per heavy atom. The number of amides is 3. The van der Waals surface area contributed by atoms with Gasteiger partial charge in [0, 0.05) is 22.4 Å². The summed E-state index contributed by atoms with van der Waals surface area (Å²) >= 11 is 0. The van der Waals surface area contributed by atoms with Gasteiger partial charge in [-0.05, 0) is 48.5 Å². The van der Waals surface area contributed by atoms with Crippen LogP contribution in [0.4, 0.5) is 5.69 Å². The molecule has 0 saturated carbocycles. The van der Waals surface area contributed by atoms with E-state index in [2.05, 4.69) is 16.2 Å². The molecule has 0 unspecified atom stereocenters. The highest BCUT2D eigenvalue weighted by atomic mass is 16.7. The summed E-state index contributed by atoms with van der Waals surface area (Å²) in [6.45, 7) is 0.105. The van der Waals surface area contributed by atoms with Crippen molar-refractivity contribution in [3.8, 4) is 11.5 Å². The second-order valence-electron chi connectivity index (χ2n) is 6.38. The van der Waals surface area contributed by atoms with E-state index >= 15 is 0 Å². The molecule has 0 fully saturated rings. The molecule has 0 atom stereocenters. The van der Waals surface area contributed by atoms with Crippen LogP contribution in [0, 0.1) is 0 Å². The van der Waals surface area contributed by atoms with Crippen molar-refractivity contribution in [2.24, 2.45) is 0 Å². The largest absolute Gasteiger partial charge is 0.454 e. The Kier molecular flexibility index (Phi) is 5.29. The van der Waals surface area contributed by atoms with Gasteiger partial charge in [0.2, 0.25) is 6.79 Å². The van der Waals surface area contributed by atoms with E-state index in [0.29, 0.717) is 28.3 Å². The number of carbonyl (C=O) groups is 3. The van der Waals surface area contributed by atoms with Gasteiger partial charge in [0.05, 0.1) is 0 Å². The number of anilines is 1. The molecule has 150 valence electrons. The summed E-state index contributed by atoms with van der Waals surface area (Å²) in [7, 11) is 0.